The lowest BCUT2D eigenvalue weighted by atomic mass is 10.0. The van der Waals surface area contributed by atoms with Crippen LogP contribution in [-0.2, 0) is 4.79 Å². The van der Waals surface area contributed by atoms with Crippen LogP contribution >= 0.6 is 11.8 Å². The SMILES string of the molecule is CC(=O)Nc1ccc(C(=O)N[C@H]2CCSc3ccc(F)cc32)cc1. The highest BCUT2D eigenvalue weighted by Gasteiger charge is 2.23. The molecule has 2 N–H and O–H groups in total. The number of halogens is 1. The zero-order valence-corrected chi connectivity index (χ0v) is 14.0. The molecule has 0 saturated heterocycles. The first-order chi connectivity index (χ1) is 11.5. The van der Waals surface area contributed by atoms with Gasteiger partial charge >= 0.3 is 0 Å². The summed E-state index contributed by atoms with van der Waals surface area (Å²) in [7, 11) is 0. The maximum absolute atomic E-state index is 13.5. The third-order valence-corrected chi connectivity index (χ3v) is 4.91. The topological polar surface area (TPSA) is 58.2 Å². The molecule has 2 amide bonds. The summed E-state index contributed by atoms with van der Waals surface area (Å²) in [5.74, 6) is 0.211. The van der Waals surface area contributed by atoms with E-state index in [9.17, 15) is 14.0 Å². The lowest BCUT2D eigenvalue weighted by Gasteiger charge is -2.26. The molecule has 1 aliphatic rings. The van der Waals surface area contributed by atoms with Crippen LogP contribution in [0, 0.1) is 5.82 Å². The molecular weight excluding hydrogens is 327 g/mol. The van der Waals surface area contributed by atoms with Crippen LogP contribution in [0.25, 0.3) is 0 Å². The number of carbonyl (C=O) groups is 2. The van der Waals surface area contributed by atoms with Crippen molar-refractivity contribution in [2.45, 2.75) is 24.3 Å². The number of rotatable bonds is 3. The molecule has 6 heteroatoms. The molecule has 0 radical (unpaired) electrons. The van der Waals surface area contributed by atoms with Crippen molar-refractivity contribution in [3.63, 3.8) is 0 Å². The third-order valence-electron chi connectivity index (χ3n) is 3.78. The molecule has 0 unspecified atom stereocenters. The van der Waals surface area contributed by atoms with Crippen LogP contribution in [0.1, 0.15) is 35.3 Å². The summed E-state index contributed by atoms with van der Waals surface area (Å²) in [6, 6.07) is 11.2. The van der Waals surface area contributed by atoms with Crippen LogP contribution in [0.3, 0.4) is 0 Å². The molecule has 124 valence electrons. The smallest absolute Gasteiger partial charge is 0.251 e. The maximum atomic E-state index is 13.5. The fourth-order valence-electron chi connectivity index (χ4n) is 2.67. The van der Waals surface area contributed by atoms with E-state index in [1.54, 1.807) is 42.1 Å². The Morgan fingerprint density at radius 3 is 2.62 bits per heavy atom. The van der Waals surface area contributed by atoms with Crippen molar-refractivity contribution < 1.29 is 14.0 Å². The number of hydrogen-bond acceptors (Lipinski definition) is 3. The number of thioether (sulfide) groups is 1. The van der Waals surface area contributed by atoms with E-state index in [1.807, 2.05) is 0 Å². The number of amides is 2. The molecule has 0 spiro atoms. The van der Waals surface area contributed by atoms with Crippen LogP contribution in [0.2, 0.25) is 0 Å². The highest BCUT2D eigenvalue weighted by Crippen LogP contribution is 2.36. The normalized spacial score (nSPS) is 16.2. The number of anilines is 1. The Morgan fingerprint density at radius 1 is 1.17 bits per heavy atom. The summed E-state index contributed by atoms with van der Waals surface area (Å²) >= 11 is 1.67. The van der Waals surface area contributed by atoms with Crippen LogP contribution in [0.4, 0.5) is 10.1 Å². The molecule has 0 fully saturated rings. The van der Waals surface area contributed by atoms with E-state index < -0.39 is 0 Å². The largest absolute Gasteiger partial charge is 0.345 e. The van der Waals surface area contributed by atoms with Crippen LogP contribution in [0.5, 0.6) is 0 Å². The zero-order chi connectivity index (χ0) is 17.1. The van der Waals surface area contributed by atoms with Gasteiger partial charge in [-0.1, -0.05) is 0 Å². The van der Waals surface area contributed by atoms with Gasteiger partial charge in [0.05, 0.1) is 6.04 Å². The Bertz CT molecular complexity index is 777. The highest BCUT2D eigenvalue weighted by molar-refractivity contribution is 7.99. The predicted molar refractivity (Wildman–Crippen MR) is 92.7 cm³/mol. The molecule has 1 atom stereocenters. The number of carbonyl (C=O) groups excluding carboxylic acids is 2. The van der Waals surface area contributed by atoms with Gasteiger partial charge in [-0.25, -0.2) is 4.39 Å². The van der Waals surface area contributed by atoms with Gasteiger partial charge in [0.25, 0.3) is 5.91 Å². The number of hydrogen-bond donors (Lipinski definition) is 2. The second-order valence-corrected chi connectivity index (χ2v) is 6.74. The number of benzene rings is 2. The standard InChI is InChI=1S/C18H17FN2O2S/c1-11(22)20-14-5-2-12(3-6-14)18(23)21-16-8-9-24-17-7-4-13(19)10-15(16)17/h2-7,10,16H,8-9H2,1H3,(H,20,22)(H,21,23)/t16-/m0/s1. The Labute approximate surface area is 143 Å². The van der Waals surface area contributed by atoms with E-state index in [2.05, 4.69) is 10.6 Å². The monoisotopic (exact) mass is 344 g/mol. The van der Waals surface area contributed by atoms with E-state index in [1.165, 1.54) is 19.1 Å². The summed E-state index contributed by atoms with van der Waals surface area (Å²) in [6.45, 7) is 1.43. The van der Waals surface area contributed by atoms with Gasteiger partial charge in [0, 0.05) is 28.8 Å². The Kier molecular flexibility index (Phi) is 4.85. The van der Waals surface area contributed by atoms with E-state index in [0.29, 0.717) is 11.3 Å². The average molecular weight is 344 g/mol. The molecule has 4 nitrogen and oxygen atoms in total. The summed E-state index contributed by atoms with van der Waals surface area (Å²) in [4.78, 5) is 24.5. The Hall–Kier alpha value is -2.34. The molecule has 1 aliphatic heterocycles. The lowest BCUT2D eigenvalue weighted by molar-refractivity contribution is -0.114. The van der Waals surface area contributed by atoms with Crippen LogP contribution < -0.4 is 10.6 Å². The summed E-state index contributed by atoms with van der Waals surface area (Å²) in [6.07, 6.45) is 0.761. The molecule has 2 aromatic carbocycles. The second-order valence-electron chi connectivity index (χ2n) is 5.60. The summed E-state index contributed by atoms with van der Waals surface area (Å²) in [5.41, 5.74) is 1.97. The highest BCUT2D eigenvalue weighted by atomic mass is 32.2. The van der Waals surface area contributed by atoms with Gasteiger partial charge in [-0.05, 0) is 54.4 Å². The molecule has 0 aromatic heterocycles. The Balaban J connectivity index is 1.74. The van der Waals surface area contributed by atoms with Gasteiger partial charge in [0.2, 0.25) is 5.91 Å². The first-order valence-electron chi connectivity index (χ1n) is 7.64. The minimum atomic E-state index is -0.296. The van der Waals surface area contributed by atoms with E-state index in [0.717, 1.165) is 22.6 Å². The minimum Gasteiger partial charge on any atom is -0.345 e. The van der Waals surface area contributed by atoms with Crippen LogP contribution in [-0.4, -0.2) is 17.6 Å². The van der Waals surface area contributed by atoms with Crippen molar-refractivity contribution in [3.8, 4) is 0 Å². The van der Waals surface area contributed by atoms with Crippen LogP contribution in [0.15, 0.2) is 47.4 Å². The molecule has 2 aromatic rings. The fraction of sp³-hybridized carbons (Fsp3) is 0.222. The minimum absolute atomic E-state index is 0.162. The number of fused-ring (bicyclic) bond motifs is 1. The lowest BCUT2D eigenvalue weighted by Crippen LogP contribution is -2.30. The third kappa shape index (κ3) is 3.76. The first-order valence-corrected chi connectivity index (χ1v) is 8.62. The van der Waals surface area contributed by atoms with E-state index in [-0.39, 0.29) is 23.7 Å². The second kappa shape index (κ2) is 7.05. The molecule has 0 saturated carbocycles. The maximum Gasteiger partial charge on any atom is 0.251 e. The summed E-state index contributed by atoms with van der Waals surface area (Å²) < 4.78 is 13.5. The predicted octanol–water partition coefficient (Wildman–Crippen LogP) is 3.75. The van der Waals surface area contributed by atoms with E-state index in [4.69, 9.17) is 0 Å². The molecule has 3 rings (SSSR count). The summed E-state index contributed by atoms with van der Waals surface area (Å²) in [5, 5.41) is 5.63. The van der Waals surface area contributed by atoms with E-state index >= 15 is 0 Å². The van der Waals surface area contributed by atoms with Crippen molar-refractivity contribution in [3.05, 3.63) is 59.4 Å². The van der Waals surface area contributed by atoms with Gasteiger partial charge in [-0.3, -0.25) is 9.59 Å². The number of nitrogens with one attached hydrogen (secondary N) is 2. The van der Waals surface area contributed by atoms with Gasteiger partial charge in [0.15, 0.2) is 0 Å². The molecule has 0 bridgehead atoms. The quantitative estimate of drug-likeness (QED) is 0.891. The molecule has 1 heterocycles. The van der Waals surface area contributed by atoms with Gasteiger partial charge < -0.3 is 10.6 Å². The van der Waals surface area contributed by atoms with Gasteiger partial charge in [0.1, 0.15) is 5.82 Å². The average Bonchev–Trinajstić information content (AvgIpc) is 2.55. The first kappa shape index (κ1) is 16.5. The van der Waals surface area contributed by atoms with Crippen molar-refractivity contribution in [1.29, 1.82) is 0 Å². The fourth-order valence-corrected chi connectivity index (χ4v) is 3.77. The van der Waals surface area contributed by atoms with Crippen molar-refractivity contribution in [2.75, 3.05) is 11.1 Å². The van der Waals surface area contributed by atoms with Crippen molar-refractivity contribution in [2.24, 2.45) is 0 Å². The van der Waals surface area contributed by atoms with Crippen molar-refractivity contribution >= 4 is 29.3 Å². The molecular formula is C18H17FN2O2S. The zero-order valence-electron chi connectivity index (χ0n) is 13.1. The van der Waals surface area contributed by atoms with Gasteiger partial charge in [-0.2, -0.15) is 0 Å². The van der Waals surface area contributed by atoms with Crippen molar-refractivity contribution in [1.82, 2.24) is 5.32 Å². The Morgan fingerprint density at radius 2 is 1.92 bits per heavy atom. The molecule has 24 heavy (non-hydrogen) atoms. The molecule has 0 aliphatic carbocycles. The van der Waals surface area contributed by atoms with Gasteiger partial charge in [-0.15, -0.1) is 11.8 Å².